The number of benzene rings is 1. The zero-order valence-electron chi connectivity index (χ0n) is 15.0. The van der Waals surface area contributed by atoms with Gasteiger partial charge in [-0.3, -0.25) is 4.79 Å². The van der Waals surface area contributed by atoms with E-state index < -0.39 is 11.7 Å². The second-order valence-corrected chi connectivity index (χ2v) is 6.60. The molecule has 0 aromatic heterocycles. The Morgan fingerprint density at radius 1 is 1.12 bits per heavy atom. The Morgan fingerprint density at radius 2 is 1.80 bits per heavy atom. The van der Waals surface area contributed by atoms with Crippen molar-refractivity contribution in [3.05, 3.63) is 35.9 Å². The standard InChI is InChI=1S/C18H26ClNO5/c1-18(2,3)25-16(21)9-10-20(17(22)24-14-19)11-12-23-13-15-7-5-4-6-8-15/h4-8H,9-14H2,1-3H3. The van der Waals surface area contributed by atoms with E-state index in [1.165, 1.54) is 4.90 Å². The van der Waals surface area contributed by atoms with Gasteiger partial charge in [-0.15, -0.1) is 0 Å². The Morgan fingerprint density at radius 3 is 2.40 bits per heavy atom. The van der Waals surface area contributed by atoms with Crippen LogP contribution < -0.4 is 0 Å². The minimum absolute atomic E-state index is 0.0767. The van der Waals surface area contributed by atoms with Crippen LogP contribution in [0.1, 0.15) is 32.8 Å². The maximum atomic E-state index is 11.9. The molecule has 1 amide bonds. The molecule has 7 heteroatoms. The minimum Gasteiger partial charge on any atom is -0.460 e. The van der Waals surface area contributed by atoms with E-state index in [4.69, 9.17) is 25.8 Å². The number of hydrogen-bond acceptors (Lipinski definition) is 5. The van der Waals surface area contributed by atoms with Crippen molar-refractivity contribution in [1.29, 1.82) is 0 Å². The van der Waals surface area contributed by atoms with Crippen molar-refractivity contribution in [2.45, 2.75) is 39.4 Å². The second kappa shape index (κ2) is 10.9. The van der Waals surface area contributed by atoms with Crippen LogP contribution in [0.15, 0.2) is 30.3 Å². The molecule has 0 aliphatic carbocycles. The van der Waals surface area contributed by atoms with Crippen molar-refractivity contribution in [2.24, 2.45) is 0 Å². The molecule has 0 atom stereocenters. The fourth-order valence-electron chi connectivity index (χ4n) is 1.99. The Balaban J connectivity index is 2.41. The topological polar surface area (TPSA) is 65.1 Å². The molecule has 0 aliphatic rings. The summed E-state index contributed by atoms with van der Waals surface area (Å²) in [7, 11) is 0. The summed E-state index contributed by atoms with van der Waals surface area (Å²) >= 11 is 5.44. The summed E-state index contributed by atoms with van der Waals surface area (Å²) in [5.74, 6) is -0.374. The van der Waals surface area contributed by atoms with Gasteiger partial charge < -0.3 is 19.1 Å². The molecule has 0 heterocycles. The van der Waals surface area contributed by atoms with Crippen molar-refractivity contribution < 1.29 is 23.8 Å². The molecular formula is C18H26ClNO5. The zero-order chi connectivity index (χ0) is 18.7. The average Bonchev–Trinajstić information content (AvgIpc) is 2.53. The molecule has 0 radical (unpaired) electrons. The summed E-state index contributed by atoms with van der Waals surface area (Å²) in [4.78, 5) is 25.1. The molecule has 25 heavy (non-hydrogen) atoms. The highest BCUT2D eigenvalue weighted by molar-refractivity contribution is 6.17. The number of alkyl halides is 1. The summed E-state index contributed by atoms with van der Waals surface area (Å²) in [6, 6.07) is 9.48. The number of carbonyl (C=O) groups excluding carboxylic acids is 2. The van der Waals surface area contributed by atoms with Crippen LogP contribution in [0.5, 0.6) is 0 Å². The van der Waals surface area contributed by atoms with Gasteiger partial charge in [-0.25, -0.2) is 4.79 Å². The molecule has 1 aromatic rings. The second-order valence-electron chi connectivity index (χ2n) is 6.38. The van der Waals surface area contributed by atoms with E-state index in [9.17, 15) is 9.59 Å². The van der Waals surface area contributed by atoms with Crippen LogP contribution >= 0.6 is 11.6 Å². The van der Waals surface area contributed by atoms with Gasteiger partial charge in [0.05, 0.1) is 19.6 Å². The highest BCUT2D eigenvalue weighted by Gasteiger charge is 2.20. The Hall–Kier alpha value is -1.79. The molecule has 0 bridgehead atoms. The summed E-state index contributed by atoms with van der Waals surface area (Å²) < 4.78 is 15.6. The molecule has 140 valence electrons. The maximum absolute atomic E-state index is 11.9. The van der Waals surface area contributed by atoms with Crippen LogP contribution in [0.25, 0.3) is 0 Å². The monoisotopic (exact) mass is 371 g/mol. The van der Waals surface area contributed by atoms with Crippen LogP contribution in [-0.4, -0.2) is 48.3 Å². The Bertz CT molecular complexity index is 530. The van der Waals surface area contributed by atoms with Gasteiger partial charge in [0.1, 0.15) is 5.60 Å². The first-order valence-corrected chi connectivity index (χ1v) is 8.66. The van der Waals surface area contributed by atoms with Gasteiger partial charge in [0.15, 0.2) is 6.07 Å². The number of rotatable bonds is 9. The Kier molecular flexibility index (Phi) is 9.31. The molecule has 0 N–H and O–H groups in total. The van der Waals surface area contributed by atoms with E-state index in [2.05, 4.69) is 0 Å². The fourth-order valence-corrected chi connectivity index (χ4v) is 2.08. The number of ether oxygens (including phenoxy) is 3. The largest absolute Gasteiger partial charge is 0.460 e. The fraction of sp³-hybridized carbons (Fsp3) is 0.556. The first kappa shape index (κ1) is 21.3. The van der Waals surface area contributed by atoms with Crippen molar-refractivity contribution in [3.8, 4) is 0 Å². The third-order valence-corrected chi connectivity index (χ3v) is 3.17. The number of halogens is 1. The van der Waals surface area contributed by atoms with Gasteiger partial charge in [0.2, 0.25) is 0 Å². The quantitative estimate of drug-likeness (QED) is 0.377. The zero-order valence-corrected chi connectivity index (χ0v) is 15.8. The van der Waals surface area contributed by atoms with Crippen molar-refractivity contribution in [2.75, 3.05) is 25.8 Å². The molecule has 0 saturated carbocycles. The number of nitrogens with zero attached hydrogens (tertiary/aromatic N) is 1. The first-order valence-electron chi connectivity index (χ1n) is 8.13. The van der Waals surface area contributed by atoms with Gasteiger partial charge in [-0.1, -0.05) is 41.9 Å². The third kappa shape index (κ3) is 9.94. The normalized spacial score (nSPS) is 11.0. The molecule has 0 saturated heterocycles. The number of carbonyl (C=O) groups is 2. The van der Waals surface area contributed by atoms with Crippen molar-refractivity contribution >= 4 is 23.7 Å². The van der Waals surface area contributed by atoms with Gasteiger partial charge in [-0.05, 0) is 26.3 Å². The molecule has 0 aliphatic heterocycles. The molecule has 1 aromatic carbocycles. The van der Waals surface area contributed by atoms with Crippen molar-refractivity contribution in [1.82, 2.24) is 4.90 Å². The minimum atomic E-state index is -0.582. The van der Waals surface area contributed by atoms with E-state index >= 15 is 0 Å². The van der Waals surface area contributed by atoms with Crippen LogP contribution in [-0.2, 0) is 25.6 Å². The Labute approximate surface area is 154 Å². The van der Waals surface area contributed by atoms with Crippen LogP contribution in [0, 0.1) is 0 Å². The lowest BCUT2D eigenvalue weighted by molar-refractivity contribution is -0.155. The van der Waals surface area contributed by atoms with Crippen LogP contribution in [0.4, 0.5) is 4.79 Å². The van der Waals surface area contributed by atoms with E-state index in [0.29, 0.717) is 19.8 Å². The number of esters is 1. The molecule has 6 nitrogen and oxygen atoms in total. The van der Waals surface area contributed by atoms with E-state index in [0.717, 1.165) is 5.56 Å². The number of hydrogen-bond donors (Lipinski definition) is 0. The first-order chi connectivity index (χ1) is 11.8. The molecule has 0 unspecified atom stereocenters. The maximum Gasteiger partial charge on any atom is 0.411 e. The molecular weight excluding hydrogens is 346 g/mol. The van der Waals surface area contributed by atoms with Gasteiger partial charge in [0, 0.05) is 13.1 Å². The average molecular weight is 372 g/mol. The summed E-state index contributed by atoms with van der Waals surface area (Å²) in [5.41, 5.74) is 0.489. The van der Waals surface area contributed by atoms with E-state index in [1.54, 1.807) is 20.8 Å². The molecule has 0 fully saturated rings. The summed E-state index contributed by atoms with van der Waals surface area (Å²) in [5, 5.41) is 0. The predicted octanol–water partition coefficient (Wildman–Crippen LogP) is 3.57. The van der Waals surface area contributed by atoms with Gasteiger partial charge in [0.25, 0.3) is 0 Å². The lowest BCUT2D eigenvalue weighted by atomic mass is 10.2. The molecule has 0 spiro atoms. The van der Waals surface area contributed by atoms with Gasteiger partial charge in [-0.2, -0.15) is 0 Å². The summed E-state index contributed by atoms with van der Waals surface area (Å²) in [6.07, 6.45) is -0.505. The third-order valence-electron chi connectivity index (χ3n) is 3.06. The SMILES string of the molecule is CC(C)(C)OC(=O)CCN(CCOCc1ccccc1)C(=O)OCCl. The highest BCUT2D eigenvalue weighted by atomic mass is 35.5. The summed E-state index contributed by atoms with van der Waals surface area (Å²) in [6.45, 7) is 6.63. The van der Waals surface area contributed by atoms with Crippen molar-refractivity contribution in [3.63, 3.8) is 0 Å². The van der Waals surface area contributed by atoms with E-state index in [-0.39, 0.29) is 25.0 Å². The van der Waals surface area contributed by atoms with Crippen LogP contribution in [0.3, 0.4) is 0 Å². The smallest absolute Gasteiger partial charge is 0.411 e. The lowest BCUT2D eigenvalue weighted by Gasteiger charge is -2.23. The van der Waals surface area contributed by atoms with E-state index in [1.807, 2.05) is 30.3 Å². The lowest BCUT2D eigenvalue weighted by Crippen LogP contribution is -2.37. The van der Waals surface area contributed by atoms with Crippen LogP contribution in [0.2, 0.25) is 0 Å². The highest BCUT2D eigenvalue weighted by Crippen LogP contribution is 2.09. The predicted molar refractivity (Wildman–Crippen MR) is 95.3 cm³/mol. The van der Waals surface area contributed by atoms with Gasteiger partial charge >= 0.3 is 12.1 Å². The number of amides is 1. The molecule has 1 rings (SSSR count).